The number of carbonyl (C=O) groups excluding carboxylic acids is 1. The van der Waals surface area contributed by atoms with Crippen LogP contribution in [-0.4, -0.2) is 15.6 Å². The molecule has 0 saturated carbocycles. The van der Waals surface area contributed by atoms with E-state index < -0.39 is 5.91 Å². The minimum absolute atomic E-state index is 0.000959. The summed E-state index contributed by atoms with van der Waals surface area (Å²) < 4.78 is 7.00. The molecule has 2 aromatic heterocycles. The molecule has 0 aliphatic heterocycles. The number of aromatic nitrogens is 2. The highest BCUT2D eigenvalue weighted by Gasteiger charge is 2.15. The number of nitrogens with one attached hydrogen (secondary N) is 1. The Morgan fingerprint density at radius 1 is 1.23 bits per heavy atom. The average Bonchev–Trinajstić information content (AvgIpc) is 3.15. The van der Waals surface area contributed by atoms with Crippen LogP contribution >= 0.6 is 0 Å². The fourth-order valence-corrected chi connectivity index (χ4v) is 2.82. The van der Waals surface area contributed by atoms with Gasteiger partial charge in [0.1, 0.15) is 17.4 Å². The predicted octanol–water partition coefficient (Wildman–Crippen LogP) is 3.94. The second kappa shape index (κ2) is 7.11. The second-order valence-corrected chi connectivity index (χ2v) is 5.94. The fourth-order valence-electron chi connectivity index (χ4n) is 2.82. The van der Waals surface area contributed by atoms with E-state index in [1.807, 2.05) is 56.3 Å². The lowest BCUT2D eigenvalue weighted by Gasteiger charge is -2.09. The molecule has 0 atom stereocenters. The Labute approximate surface area is 151 Å². The van der Waals surface area contributed by atoms with E-state index in [1.54, 1.807) is 19.1 Å². The van der Waals surface area contributed by atoms with Gasteiger partial charge in [0, 0.05) is 23.1 Å². The summed E-state index contributed by atoms with van der Waals surface area (Å²) in [4.78, 5) is 12.3. The highest BCUT2D eigenvalue weighted by Crippen LogP contribution is 2.23. The van der Waals surface area contributed by atoms with E-state index in [9.17, 15) is 10.1 Å². The summed E-state index contributed by atoms with van der Waals surface area (Å²) in [6.07, 6.45) is 1.59. The first-order chi connectivity index (χ1) is 12.5. The molecule has 0 aliphatic rings. The quantitative estimate of drug-likeness (QED) is 0.573. The van der Waals surface area contributed by atoms with Gasteiger partial charge in [-0.2, -0.15) is 5.26 Å². The molecule has 6 heteroatoms. The summed E-state index contributed by atoms with van der Waals surface area (Å²) in [6, 6.07) is 15.4. The molecule has 0 radical (unpaired) electrons. The van der Waals surface area contributed by atoms with Crippen molar-refractivity contribution in [1.82, 2.24) is 9.72 Å². The van der Waals surface area contributed by atoms with Gasteiger partial charge in [0.15, 0.2) is 5.82 Å². The van der Waals surface area contributed by atoms with Crippen molar-refractivity contribution in [2.75, 3.05) is 5.32 Å². The van der Waals surface area contributed by atoms with E-state index in [1.165, 1.54) is 0 Å². The van der Waals surface area contributed by atoms with Crippen molar-refractivity contribution in [1.29, 1.82) is 5.26 Å². The Bertz CT molecular complexity index is 1020. The van der Waals surface area contributed by atoms with Gasteiger partial charge in [-0.05, 0) is 50.6 Å². The van der Waals surface area contributed by atoms with Gasteiger partial charge in [-0.1, -0.05) is 23.4 Å². The van der Waals surface area contributed by atoms with Crippen LogP contribution in [0.5, 0.6) is 0 Å². The van der Waals surface area contributed by atoms with E-state index >= 15 is 0 Å². The van der Waals surface area contributed by atoms with Gasteiger partial charge in [0.2, 0.25) is 0 Å². The Kier molecular flexibility index (Phi) is 4.72. The third kappa shape index (κ3) is 3.42. The van der Waals surface area contributed by atoms with Gasteiger partial charge in [-0.25, -0.2) is 0 Å². The molecule has 0 spiro atoms. The fraction of sp³-hybridized carbons (Fsp3) is 0.150. The van der Waals surface area contributed by atoms with Crippen molar-refractivity contribution >= 4 is 17.8 Å². The molecular formula is C20H18N4O2. The zero-order chi connectivity index (χ0) is 18.7. The minimum Gasteiger partial charge on any atom is -0.360 e. The van der Waals surface area contributed by atoms with Crippen LogP contribution in [0.3, 0.4) is 0 Å². The lowest BCUT2D eigenvalue weighted by molar-refractivity contribution is -0.112. The van der Waals surface area contributed by atoms with Crippen molar-refractivity contribution < 1.29 is 9.32 Å². The number of amides is 1. The van der Waals surface area contributed by atoms with Gasteiger partial charge in [-0.15, -0.1) is 0 Å². The smallest absolute Gasteiger partial charge is 0.267 e. The van der Waals surface area contributed by atoms with Gasteiger partial charge < -0.3 is 14.4 Å². The van der Waals surface area contributed by atoms with Gasteiger partial charge in [-0.3, -0.25) is 4.79 Å². The first kappa shape index (κ1) is 17.2. The number of nitrogens with zero attached hydrogens (tertiary/aromatic N) is 3. The molecule has 0 unspecified atom stereocenters. The number of nitriles is 1. The number of benzene rings is 1. The highest BCUT2D eigenvalue weighted by atomic mass is 16.5. The zero-order valence-corrected chi connectivity index (χ0v) is 14.8. The molecule has 3 aromatic rings. The SMILES string of the molecule is Cc1cc(NC(=O)/C(C#N)=C\c2cc(C)n(-c3ccccc3)c2C)no1. The molecule has 130 valence electrons. The van der Waals surface area contributed by atoms with Crippen molar-refractivity contribution in [3.63, 3.8) is 0 Å². The number of rotatable bonds is 4. The van der Waals surface area contributed by atoms with Crippen LogP contribution < -0.4 is 5.32 Å². The molecule has 1 amide bonds. The van der Waals surface area contributed by atoms with Crippen LogP contribution in [0.1, 0.15) is 22.7 Å². The van der Waals surface area contributed by atoms with E-state index in [0.717, 1.165) is 22.6 Å². The van der Waals surface area contributed by atoms with Crippen molar-refractivity contribution in [3.8, 4) is 11.8 Å². The maximum atomic E-state index is 12.3. The van der Waals surface area contributed by atoms with E-state index in [0.29, 0.717) is 5.76 Å². The number of hydrogen-bond donors (Lipinski definition) is 1. The Balaban J connectivity index is 1.93. The van der Waals surface area contributed by atoms with Gasteiger partial charge in [0.05, 0.1) is 0 Å². The first-order valence-electron chi connectivity index (χ1n) is 8.10. The molecule has 1 aromatic carbocycles. The molecule has 6 nitrogen and oxygen atoms in total. The number of aryl methyl sites for hydroxylation is 2. The Morgan fingerprint density at radius 3 is 2.58 bits per heavy atom. The topological polar surface area (TPSA) is 83.9 Å². The third-order valence-electron chi connectivity index (χ3n) is 4.02. The van der Waals surface area contributed by atoms with Crippen LogP contribution in [0.25, 0.3) is 11.8 Å². The van der Waals surface area contributed by atoms with Gasteiger partial charge in [0.25, 0.3) is 5.91 Å². The van der Waals surface area contributed by atoms with Crippen LogP contribution in [-0.2, 0) is 4.79 Å². The lowest BCUT2D eigenvalue weighted by Crippen LogP contribution is -2.13. The molecule has 2 heterocycles. The molecule has 0 bridgehead atoms. The Morgan fingerprint density at radius 2 is 1.96 bits per heavy atom. The summed E-state index contributed by atoms with van der Waals surface area (Å²) >= 11 is 0. The van der Waals surface area contributed by atoms with Crippen molar-refractivity contribution in [3.05, 3.63) is 70.7 Å². The van der Waals surface area contributed by atoms with Crippen LogP contribution in [0.15, 0.2) is 52.6 Å². The van der Waals surface area contributed by atoms with E-state index in [-0.39, 0.29) is 11.4 Å². The molecular weight excluding hydrogens is 328 g/mol. The largest absolute Gasteiger partial charge is 0.360 e. The predicted molar refractivity (Wildman–Crippen MR) is 98.7 cm³/mol. The lowest BCUT2D eigenvalue weighted by atomic mass is 10.1. The average molecular weight is 346 g/mol. The molecule has 0 aliphatic carbocycles. The van der Waals surface area contributed by atoms with Crippen LogP contribution in [0.4, 0.5) is 5.82 Å². The summed E-state index contributed by atoms with van der Waals surface area (Å²) in [5, 5.41) is 15.7. The molecule has 1 N–H and O–H groups in total. The highest BCUT2D eigenvalue weighted by molar-refractivity contribution is 6.09. The first-order valence-corrected chi connectivity index (χ1v) is 8.10. The van der Waals surface area contributed by atoms with Crippen molar-refractivity contribution in [2.24, 2.45) is 0 Å². The van der Waals surface area contributed by atoms with Gasteiger partial charge >= 0.3 is 0 Å². The Hall–Kier alpha value is -3.59. The van der Waals surface area contributed by atoms with Crippen LogP contribution in [0, 0.1) is 32.1 Å². The summed E-state index contributed by atoms with van der Waals surface area (Å²) in [5.41, 5.74) is 3.81. The maximum absolute atomic E-state index is 12.3. The maximum Gasteiger partial charge on any atom is 0.267 e. The standard InChI is InChI=1S/C20H18N4O2/c1-13-9-16(15(3)24(13)18-7-5-4-6-8-18)11-17(12-21)20(25)22-19-10-14(2)26-23-19/h4-11H,1-3H3,(H,22,23,25)/b17-11-. The van der Waals surface area contributed by atoms with E-state index in [4.69, 9.17) is 4.52 Å². The minimum atomic E-state index is -0.523. The normalized spacial score (nSPS) is 11.2. The molecule has 0 fully saturated rings. The molecule has 26 heavy (non-hydrogen) atoms. The summed E-state index contributed by atoms with van der Waals surface area (Å²) in [6.45, 7) is 5.67. The number of carbonyl (C=O) groups is 1. The zero-order valence-electron chi connectivity index (χ0n) is 14.8. The number of anilines is 1. The molecule has 0 saturated heterocycles. The monoisotopic (exact) mass is 346 g/mol. The third-order valence-corrected chi connectivity index (χ3v) is 4.02. The summed E-state index contributed by atoms with van der Waals surface area (Å²) in [7, 11) is 0. The second-order valence-electron chi connectivity index (χ2n) is 5.94. The summed E-state index contributed by atoms with van der Waals surface area (Å²) in [5.74, 6) is 0.336. The van der Waals surface area contributed by atoms with Crippen molar-refractivity contribution in [2.45, 2.75) is 20.8 Å². The van der Waals surface area contributed by atoms with Crippen LogP contribution in [0.2, 0.25) is 0 Å². The number of hydrogen-bond acceptors (Lipinski definition) is 4. The number of para-hydroxylation sites is 1. The molecule has 3 rings (SSSR count). The van der Waals surface area contributed by atoms with E-state index in [2.05, 4.69) is 15.0 Å².